The second-order valence-corrected chi connectivity index (χ2v) is 7.24. The lowest BCUT2D eigenvalue weighted by atomic mass is 9.96. The van der Waals surface area contributed by atoms with Crippen LogP contribution in [0.15, 0.2) is 61.2 Å². The summed E-state index contributed by atoms with van der Waals surface area (Å²) in [6, 6.07) is 11.8. The Morgan fingerprint density at radius 1 is 0.969 bits per heavy atom. The molecule has 2 amide bonds. The SMILES string of the molecule is CC(C)n1cnnc1-c1cccc(-c2c(C(N)=O)cccc2C(=O)Nc2ccnnc2)n1. The van der Waals surface area contributed by atoms with Crippen LogP contribution in [-0.4, -0.2) is 41.8 Å². The highest BCUT2D eigenvalue weighted by Gasteiger charge is 2.21. The predicted molar refractivity (Wildman–Crippen MR) is 118 cm³/mol. The molecule has 0 spiro atoms. The van der Waals surface area contributed by atoms with Crippen LogP contribution in [0.2, 0.25) is 0 Å². The van der Waals surface area contributed by atoms with Gasteiger partial charge in [-0.05, 0) is 44.2 Å². The van der Waals surface area contributed by atoms with Gasteiger partial charge in [-0.15, -0.1) is 10.2 Å². The van der Waals surface area contributed by atoms with Gasteiger partial charge in [0.05, 0.1) is 23.8 Å². The van der Waals surface area contributed by atoms with Gasteiger partial charge in [0.2, 0.25) is 5.91 Å². The lowest BCUT2D eigenvalue weighted by Gasteiger charge is -2.14. The molecule has 0 saturated carbocycles. The van der Waals surface area contributed by atoms with Gasteiger partial charge in [-0.2, -0.15) is 10.2 Å². The van der Waals surface area contributed by atoms with Crippen LogP contribution in [0.1, 0.15) is 40.6 Å². The number of pyridine rings is 1. The topological polar surface area (TPSA) is 142 Å². The summed E-state index contributed by atoms with van der Waals surface area (Å²) >= 11 is 0. The van der Waals surface area contributed by atoms with E-state index in [1.165, 1.54) is 12.4 Å². The third-order valence-corrected chi connectivity index (χ3v) is 4.78. The van der Waals surface area contributed by atoms with E-state index in [4.69, 9.17) is 5.73 Å². The van der Waals surface area contributed by atoms with E-state index in [1.807, 2.05) is 18.4 Å². The van der Waals surface area contributed by atoms with Crippen molar-refractivity contribution in [1.82, 2.24) is 29.9 Å². The summed E-state index contributed by atoms with van der Waals surface area (Å²) in [6.07, 6.45) is 4.52. The molecule has 0 unspecified atom stereocenters. The average molecular weight is 428 g/mol. The number of hydrogen-bond acceptors (Lipinski definition) is 7. The summed E-state index contributed by atoms with van der Waals surface area (Å²) in [5, 5.41) is 18.4. The Morgan fingerprint density at radius 3 is 2.44 bits per heavy atom. The molecule has 3 aromatic heterocycles. The molecule has 10 heteroatoms. The number of nitrogens with one attached hydrogen (secondary N) is 1. The highest BCUT2D eigenvalue weighted by atomic mass is 16.2. The summed E-state index contributed by atoms with van der Waals surface area (Å²) in [6.45, 7) is 4.02. The van der Waals surface area contributed by atoms with Gasteiger partial charge in [-0.1, -0.05) is 12.1 Å². The van der Waals surface area contributed by atoms with E-state index < -0.39 is 11.8 Å². The molecule has 32 heavy (non-hydrogen) atoms. The molecule has 4 rings (SSSR count). The monoisotopic (exact) mass is 428 g/mol. The van der Waals surface area contributed by atoms with Gasteiger partial charge in [0.1, 0.15) is 12.0 Å². The van der Waals surface area contributed by atoms with Crippen LogP contribution in [0.4, 0.5) is 5.69 Å². The van der Waals surface area contributed by atoms with E-state index in [9.17, 15) is 9.59 Å². The van der Waals surface area contributed by atoms with E-state index >= 15 is 0 Å². The number of benzene rings is 1. The molecule has 0 atom stereocenters. The van der Waals surface area contributed by atoms with Gasteiger partial charge in [0.15, 0.2) is 5.82 Å². The second-order valence-electron chi connectivity index (χ2n) is 7.24. The van der Waals surface area contributed by atoms with Gasteiger partial charge in [0.25, 0.3) is 5.91 Å². The molecule has 0 radical (unpaired) electrons. The molecule has 0 aliphatic heterocycles. The van der Waals surface area contributed by atoms with Gasteiger partial charge >= 0.3 is 0 Å². The number of anilines is 1. The fourth-order valence-electron chi connectivity index (χ4n) is 3.29. The van der Waals surface area contributed by atoms with Crippen LogP contribution in [-0.2, 0) is 0 Å². The van der Waals surface area contributed by atoms with Crippen LogP contribution in [0.5, 0.6) is 0 Å². The number of carbonyl (C=O) groups excluding carboxylic acids is 2. The summed E-state index contributed by atoms with van der Waals surface area (Å²) < 4.78 is 1.89. The number of amides is 2. The van der Waals surface area contributed by atoms with Crippen LogP contribution < -0.4 is 11.1 Å². The van der Waals surface area contributed by atoms with Crippen LogP contribution in [0, 0.1) is 0 Å². The molecule has 3 heterocycles. The largest absolute Gasteiger partial charge is 0.366 e. The van der Waals surface area contributed by atoms with E-state index in [2.05, 4.69) is 30.7 Å². The Kier molecular flexibility index (Phi) is 5.67. The Morgan fingerprint density at radius 2 is 1.72 bits per heavy atom. The molecule has 160 valence electrons. The number of primary amides is 1. The Balaban J connectivity index is 1.83. The van der Waals surface area contributed by atoms with Gasteiger partial charge in [-0.3, -0.25) is 9.59 Å². The lowest BCUT2D eigenvalue weighted by Crippen LogP contribution is -2.18. The maximum atomic E-state index is 13.1. The number of aromatic nitrogens is 6. The summed E-state index contributed by atoms with van der Waals surface area (Å²) in [5.41, 5.74) is 7.81. The fraction of sp³-hybridized carbons (Fsp3) is 0.136. The van der Waals surface area contributed by atoms with Crippen molar-refractivity contribution in [3.05, 3.63) is 72.3 Å². The molecule has 10 nitrogen and oxygen atoms in total. The number of nitrogens with zero attached hydrogens (tertiary/aromatic N) is 6. The van der Waals surface area contributed by atoms with Crippen LogP contribution in [0.25, 0.3) is 22.8 Å². The molecule has 0 saturated heterocycles. The highest BCUT2D eigenvalue weighted by molar-refractivity contribution is 6.12. The van der Waals surface area contributed by atoms with Crippen LogP contribution >= 0.6 is 0 Å². The van der Waals surface area contributed by atoms with Gasteiger partial charge in [0, 0.05) is 22.7 Å². The molecule has 0 aliphatic rings. The van der Waals surface area contributed by atoms with Gasteiger partial charge < -0.3 is 15.6 Å². The van der Waals surface area contributed by atoms with E-state index in [-0.39, 0.29) is 17.2 Å². The first-order valence-corrected chi connectivity index (χ1v) is 9.84. The summed E-state index contributed by atoms with van der Waals surface area (Å²) in [5.74, 6) is -0.529. The van der Waals surface area contributed by atoms with Crippen molar-refractivity contribution in [2.45, 2.75) is 19.9 Å². The Labute approximate surface area is 183 Å². The lowest BCUT2D eigenvalue weighted by molar-refractivity contribution is 0.100. The number of carbonyl (C=O) groups is 2. The molecule has 1 aromatic carbocycles. The Bertz CT molecular complexity index is 1280. The zero-order valence-corrected chi connectivity index (χ0v) is 17.4. The zero-order chi connectivity index (χ0) is 22.7. The van der Waals surface area contributed by atoms with E-state index in [1.54, 1.807) is 48.8 Å². The van der Waals surface area contributed by atoms with E-state index in [0.29, 0.717) is 28.5 Å². The summed E-state index contributed by atoms with van der Waals surface area (Å²) in [7, 11) is 0. The van der Waals surface area contributed by atoms with Crippen molar-refractivity contribution in [2.24, 2.45) is 5.73 Å². The molecule has 0 aliphatic carbocycles. The minimum Gasteiger partial charge on any atom is -0.366 e. The first kappa shape index (κ1) is 20.8. The van der Waals surface area contributed by atoms with Crippen molar-refractivity contribution in [3.63, 3.8) is 0 Å². The molecular weight excluding hydrogens is 408 g/mol. The van der Waals surface area contributed by atoms with Crippen molar-refractivity contribution in [1.29, 1.82) is 0 Å². The Hall–Kier alpha value is -4.47. The molecule has 0 bridgehead atoms. The van der Waals surface area contributed by atoms with Gasteiger partial charge in [-0.25, -0.2) is 4.98 Å². The number of nitrogens with two attached hydrogens (primary N) is 1. The molecule has 3 N–H and O–H groups in total. The van der Waals surface area contributed by atoms with Crippen LogP contribution in [0.3, 0.4) is 0 Å². The van der Waals surface area contributed by atoms with E-state index in [0.717, 1.165) is 0 Å². The maximum absolute atomic E-state index is 13.1. The van der Waals surface area contributed by atoms with Crippen molar-refractivity contribution >= 4 is 17.5 Å². The number of hydrogen-bond donors (Lipinski definition) is 2. The zero-order valence-electron chi connectivity index (χ0n) is 17.4. The highest BCUT2D eigenvalue weighted by Crippen LogP contribution is 2.29. The van der Waals surface area contributed by atoms with Crippen molar-refractivity contribution in [3.8, 4) is 22.8 Å². The normalized spacial score (nSPS) is 10.8. The second kappa shape index (κ2) is 8.72. The average Bonchev–Trinajstić information content (AvgIpc) is 3.30. The minimum absolute atomic E-state index is 0.124. The summed E-state index contributed by atoms with van der Waals surface area (Å²) in [4.78, 5) is 30.0. The third-order valence-electron chi connectivity index (χ3n) is 4.78. The molecular formula is C22H20N8O2. The molecule has 0 fully saturated rings. The predicted octanol–water partition coefficient (Wildman–Crippen LogP) is 2.73. The maximum Gasteiger partial charge on any atom is 0.256 e. The first-order chi connectivity index (χ1) is 15.5. The fourth-order valence-corrected chi connectivity index (χ4v) is 3.29. The minimum atomic E-state index is -0.669. The van der Waals surface area contributed by atoms with Crippen molar-refractivity contribution in [2.75, 3.05) is 5.32 Å². The standard InChI is InChI=1S/C22H20N8O2/c1-13(2)30-12-26-29-21(30)18-8-4-7-17(28-18)19-15(20(23)31)5-3-6-16(19)22(32)27-14-9-10-24-25-11-14/h3-13H,1-2H3,(H2,23,31)(H,24,27,32). The number of rotatable bonds is 6. The van der Waals surface area contributed by atoms with Crippen molar-refractivity contribution < 1.29 is 9.59 Å². The third kappa shape index (κ3) is 4.06. The first-order valence-electron chi connectivity index (χ1n) is 9.84. The molecule has 4 aromatic rings. The quantitative estimate of drug-likeness (QED) is 0.481. The smallest absolute Gasteiger partial charge is 0.256 e.